The molecule has 4 rings (SSSR count). The van der Waals surface area contributed by atoms with Crippen LogP contribution in [0.4, 0.5) is 0 Å². The molecule has 120 valence electrons. The van der Waals surface area contributed by atoms with Crippen molar-refractivity contribution < 1.29 is 4.74 Å². The molecule has 4 heterocycles. The summed E-state index contributed by atoms with van der Waals surface area (Å²) in [5, 5.41) is 0. The molecule has 0 bridgehead atoms. The van der Waals surface area contributed by atoms with Crippen LogP contribution in [-0.2, 0) is 23.5 Å². The predicted octanol–water partition coefficient (Wildman–Crippen LogP) is 0.480. The lowest BCUT2D eigenvalue weighted by Crippen LogP contribution is -2.45. The maximum atomic E-state index is 12.2. The van der Waals surface area contributed by atoms with Crippen LogP contribution >= 0.6 is 0 Å². The van der Waals surface area contributed by atoms with Crippen LogP contribution < -0.4 is 11.2 Å². The summed E-state index contributed by atoms with van der Waals surface area (Å²) < 4.78 is 5.96. The van der Waals surface area contributed by atoms with Crippen molar-refractivity contribution in [3.63, 3.8) is 0 Å². The number of H-pyrrole nitrogens is 2. The fourth-order valence-electron chi connectivity index (χ4n) is 3.62. The number of ether oxygens (including phenoxy) is 1. The molecular weight excluding hydrogens is 296 g/mol. The molecule has 2 aromatic heterocycles. The van der Waals surface area contributed by atoms with Crippen LogP contribution in [0.5, 0.6) is 0 Å². The lowest BCUT2D eigenvalue weighted by Gasteiger charge is -2.38. The van der Waals surface area contributed by atoms with E-state index in [1.807, 2.05) is 12.1 Å². The quantitative estimate of drug-likeness (QED) is 0.841. The second-order valence-electron chi connectivity index (χ2n) is 6.18. The molecule has 0 amide bonds. The van der Waals surface area contributed by atoms with Crippen LogP contribution in [0.25, 0.3) is 0 Å². The Balaban J connectivity index is 1.53. The zero-order valence-electron chi connectivity index (χ0n) is 12.7. The van der Waals surface area contributed by atoms with E-state index in [1.165, 1.54) is 5.56 Å². The van der Waals surface area contributed by atoms with E-state index in [0.717, 1.165) is 32.5 Å². The first kappa shape index (κ1) is 14.3. The maximum absolute atomic E-state index is 12.2. The number of aromatic amines is 2. The minimum Gasteiger partial charge on any atom is -0.364 e. The highest BCUT2D eigenvalue weighted by atomic mass is 16.5. The fourth-order valence-corrected chi connectivity index (χ4v) is 3.62. The number of likely N-dealkylation sites (tertiary alicyclic amines) is 1. The molecule has 1 saturated heterocycles. The van der Waals surface area contributed by atoms with Gasteiger partial charge in [0.1, 0.15) is 5.60 Å². The number of nitrogens with one attached hydrogen (secondary N) is 2. The van der Waals surface area contributed by atoms with Gasteiger partial charge in [-0.25, -0.2) is 4.79 Å². The van der Waals surface area contributed by atoms with Crippen LogP contribution in [0.15, 0.2) is 34.1 Å². The number of hydrogen-bond acceptors (Lipinski definition) is 5. The Morgan fingerprint density at radius 3 is 2.65 bits per heavy atom. The summed E-state index contributed by atoms with van der Waals surface area (Å²) in [6.45, 7) is 2.87. The highest BCUT2D eigenvalue weighted by Gasteiger charge is 2.45. The molecule has 1 fully saturated rings. The van der Waals surface area contributed by atoms with Crippen molar-refractivity contribution in [2.24, 2.45) is 0 Å². The van der Waals surface area contributed by atoms with Gasteiger partial charge in [0.25, 0.3) is 5.56 Å². The second-order valence-corrected chi connectivity index (χ2v) is 6.18. The van der Waals surface area contributed by atoms with Gasteiger partial charge in [0, 0.05) is 32.0 Å². The van der Waals surface area contributed by atoms with Gasteiger partial charge >= 0.3 is 5.69 Å². The molecule has 0 saturated carbocycles. The lowest BCUT2D eigenvalue weighted by atomic mass is 9.85. The number of piperidine rings is 1. The topological polar surface area (TPSA) is 91.1 Å². The average molecular weight is 314 g/mol. The van der Waals surface area contributed by atoms with E-state index in [9.17, 15) is 9.59 Å². The first-order chi connectivity index (χ1) is 11.2. The minimum absolute atomic E-state index is 0.304. The minimum atomic E-state index is -0.554. The van der Waals surface area contributed by atoms with Crippen molar-refractivity contribution in [3.05, 3.63) is 62.2 Å². The Hall–Kier alpha value is -2.25. The molecule has 2 aromatic rings. The summed E-state index contributed by atoms with van der Waals surface area (Å²) in [6, 6.07) is 4.03. The summed E-state index contributed by atoms with van der Waals surface area (Å²) in [7, 11) is 0. The standard InChI is InChI=1S/C16H18N4O3/c21-14-13-12(18-15(22)19-14)10-23-16(13)3-7-20(8-4-16)9-11-1-5-17-6-2-11/h1-2,5-6H,3-4,7-10H2,(H2,18,19,21,22). The summed E-state index contributed by atoms with van der Waals surface area (Å²) >= 11 is 0. The Labute approximate surface area is 132 Å². The van der Waals surface area contributed by atoms with Gasteiger partial charge in [-0.1, -0.05) is 0 Å². The molecule has 7 nitrogen and oxygen atoms in total. The van der Waals surface area contributed by atoms with Gasteiger partial charge in [0.15, 0.2) is 0 Å². The molecular formula is C16H18N4O3. The molecule has 2 N–H and O–H groups in total. The van der Waals surface area contributed by atoms with Gasteiger partial charge in [0.2, 0.25) is 0 Å². The van der Waals surface area contributed by atoms with E-state index >= 15 is 0 Å². The molecule has 2 aliphatic rings. The van der Waals surface area contributed by atoms with Crippen LogP contribution in [-0.4, -0.2) is 32.9 Å². The predicted molar refractivity (Wildman–Crippen MR) is 82.9 cm³/mol. The van der Waals surface area contributed by atoms with Gasteiger partial charge in [-0.05, 0) is 30.5 Å². The lowest BCUT2D eigenvalue weighted by molar-refractivity contribution is -0.0807. The molecule has 0 aliphatic carbocycles. The van der Waals surface area contributed by atoms with Crippen LogP contribution in [0.3, 0.4) is 0 Å². The molecule has 0 unspecified atom stereocenters. The van der Waals surface area contributed by atoms with E-state index in [0.29, 0.717) is 17.9 Å². The molecule has 7 heteroatoms. The monoisotopic (exact) mass is 314 g/mol. The smallest absolute Gasteiger partial charge is 0.325 e. The van der Waals surface area contributed by atoms with Crippen molar-refractivity contribution >= 4 is 0 Å². The Kier molecular flexibility index (Phi) is 3.39. The zero-order chi connectivity index (χ0) is 15.9. The number of hydrogen-bond donors (Lipinski definition) is 2. The first-order valence-corrected chi connectivity index (χ1v) is 7.77. The Morgan fingerprint density at radius 2 is 1.91 bits per heavy atom. The Bertz CT molecular complexity index is 819. The number of nitrogens with zero attached hydrogens (tertiary/aromatic N) is 2. The van der Waals surface area contributed by atoms with E-state index in [-0.39, 0.29) is 5.56 Å². The molecule has 0 radical (unpaired) electrons. The highest BCUT2D eigenvalue weighted by Crippen LogP contribution is 2.41. The largest absolute Gasteiger partial charge is 0.364 e. The first-order valence-electron chi connectivity index (χ1n) is 7.77. The molecule has 2 aliphatic heterocycles. The van der Waals surface area contributed by atoms with Crippen LogP contribution in [0.2, 0.25) is 0 Å². The van der Waals surface area contributed by atoms with Gasteiger partial charge in [-0.15, -0.1) is 0 Å². The SMILES string of the molecule is O=c1[nH]c2c(c(=O)[nH]1)C1(CCN(Cc3ccncc3)CC1)OC2. The summed E-state index contributed by atoms with van der Waals surface area (Å²) in [4.78, 5) is 35.0. The number of aromatic nitrogens is 3. The van der Waals surface area contributed by atoms with Crippen molar-refractivity contribution in [3.8, 4) is 0 Å². The third-order valence-electron chi connectivity index (χ3n) is 4.79. The van der Waals surface area contributed by atoms with Crippen molar-refractivity contribution in [2.75, 3.05) is 13.1 Å². The number of rotatable bonds is 2. The summed E-state index contributed by atoms with van der Waals surface area (Å²) in [5.74, 6) is 0. The zero-order valence-corrected chi connectivity index (χ0v) is 12.7. The third-order valence-corrected chi connectivity index (χ3v) is 4.79. The van der Waals surface area contributed by atoms with E-state index in [4.69, 9.17) is 4.74 Å². The highest BCUT2D eigenvalue weighted by molar-refractivity contribution is 5.28. The van der Waals surface area contributed by atoms with Gasteiger partial charge in [0.05, 0.1) is 17.9 Å². The molecule has 23 heavy (non-hydrogen) atoms. The van der Waals surface area contributed by atoms with Crippen LogP contribution in [0.1, 0.15) is 29.7 Å². The van der Waals surface area contributed by atoms with Gasteiger partial charge in [-0.2, -0.15) is 0 Å². The summed E-state index contributed by atoms with van der Waals surface area (Å²) in [5.41, 5.74) is 1.13. The molecule has 0 aromatic carbocycles. The Morgan fingerprint density at radius 1 is 1.17 bits per heavy atom. The fraction of sp³-hybridized carbons (Fsp3) is 0.438. The van der Waals surface area contributed by atoms with E-state index < -0.39 is 11.3 Å². The molecule has 0 atom stereocenters. The van der Waals surface area contributed by atoms with Crippen molar-refractivity contribution in [1.82, 2.24) is 19.9 Å². The average Bonchev–Trinajstić information content (AvgIpc) is 2.89. The molecule has 1 spiro atoms. The van der Waals surface area contributed by atoms with Gasteiger partial charge in [-0.3, -0.25) is 19.7 Å². The number of pyridine rings is 1. The van der Waals surface area contributed by atoms with E-state index in [2.05, 4.69) is 19.9 Å². The van der Waals surface area contributed by atoms with Crippen molar-refractivity contribution in [2.45, 2.75) is 31.6 Å². The normalized spacial score (nSPS) is 19.8. The maximum Gasteiger partial charge on any atom is 0.325 e. The van der Waals surface area contributed by atoms with Gasteiger partial charge < -0.3 is 9.72 Å². The van der Waals surface area contributed by atoms with E-state index in [1.54, 1.807) is 12.4 Å². The van der Waals surface area contributed by atoms with Crippen LogP contribution in [0, 0.1) is 0 Å². The third kappa shape index (κ3) is 2.51. The summed E-state index contributed by atoms with van der Waals surface area (Å²) in [6.07, 6.45) is 5.10. The second kappa shape index (κ2) is 5.43. The number of fused-ring (bicyclic) bond motifs is 2. The van der Waals surface area contributed by atoms with Crippen molar-refractivity contribution in [1.29, 1.82) is 0 Å².